The fourth-order valence-corrected chi connectivity index (χ4v) is 1.88. The fourth-order valence-electron chi connectivity index (χ4n) is 1.32. The minimum atomic E-state index is -4.06. The largest absolute Gasteiger partial charge is 0.462 e. The maximum absolute atomic E-state index is 13.2. The summed E-state index contributed by atoms with van der Waals surface area (Å²) in [6.45, 7) is 4.13. The van der Waals surface area contributed by atoms with Gasteiger partial charge in [0.2, 0.25) is 10.0 Å². The standard InChI is InChI=1S/C12H16FNO4S/c1-8(2)3-4-18-12(15)9-5-10(13)7-11(6-9)19(14,16)17/h5-8H,3-4H2,1-2H3,(H2,14,16,17). The maximum atomic E-state index is 13.2. The number of hydrogen-bond donors (Lipinski definition) is 1. The molecule has 0 amide bonds. The molecule has 5 nitrogen and oxygen atoms in total. The molecule has 1 aromatic carbocycles. The van der Waals surface area contributed by atoms with Crippen LogP contribution in [0.25, 0.3) is 0 Å². The highest BCUT2D eigenvalue weighted by atomic mass is 32.2. The Kier molecular flexibility index (Phi) is 5.02. The summed E-state index contributed by atoms with van der Waals surface area (Å²) in [7, 11) is -4.06. The number of halogens is 1. The van der Waals surface area contributed by atoms with Crippen LogP contribution in [0.15, 0.2) is 23.1 Å². The van der Waals surface area contributed by atoms with Gasteiger partial charge in [-0.2, -0.15) is 0 Å². The monoisotopic (exact) mass is 289 g/mol. The minimum Gasteiger partial charge on any atom is -0.462 e. The number of rotatable bonds is 5. The van der Waals surface area contributed by atoms with Crippen molar-refractivity contribution < 1.29 is 22.3 Å². The second kappa shape index (κ2) is 6.12. The summed E-state index contributed by atoms with van der Waals surface area (Å²) in [6, 6.07) is 2.66. The van der Waals surface area contributed by atoms with Crippen LogP contribution in [0.1, 0.15) is 30.6 Å². The van der Waals surface area contributed by atoms with Crippen LogP contribution in [0.3, 0.4) is 0 Å². The zero-order valence-electron chi connectivity index (χ0n) is 10.7. The molecule has 2 N–H and O–H groups in total. The Morgan fingerprint density at radius 3 is 2.53 bits per heavy atom. The van der Waals surface area contributed by atoms with Crippen molar-refractivity contribution in [2.24, 2.45) is 11.1 Å². The summed E-state index contributed by atoms with van der Waals surface area (Å²) in [6.07, 6.45) is 0.670. The molecule has 1 rings (SSSR count). The van der Waals surface area contributed by atoms with Crippen LogP contribution in [-0.4, -0.2) is 21.0 Å². The Bertz CT molecular complexity index is 569. The molecular formula is C12H16FNO4S. The van der Waals surface area contributed by atoms with Crippen molar-refractivity contribution in [2.75, 3.05) is 6.61 Å². The zero-order valence-corrected chi connectivity index (χ0v) is 11.5. The first-order valence-electron chi connectivity index (χ1n) is 5.70. The van der Waals surface area contributed by atoms with Crippen LogP contribution < -0.4 is 5.14 Å². The molecule has 0 bridgehead atoms. The van der Waals surface area contributed by atoms with Gasteiger partial charge in [-0.05, 0) is 30.5 Å². The molecule has 0 fully saturated rings. The topological polar surface area (TPSA) is 86.5 Å². The summed E-state index contributed by atoms with van der Waals surface area (Å²) < 4.78 is 40.4. The van der Waals surface area contributed by atoms with Gasteiger partial charge in [0.1, 0.15) is 5.82 Å². The first-order valence-corrected chi connectivity index (χ1v) is 7.25. The van der Waals surface area contributed by atoms with Gasteiger partial charge in [-0.25, -0.2) is 22.7 Å². The van der Waals surface area contributed by atoms with Crippen LogP contribution in [0.5, 0.6) is 0 Å². The van der Waals surface area contributed by atoms with Crippen LogP contribution in [0, 0.1) is 11.7 Å². The Morgan fingerprint density at radius 2 is 2.00 bits per heavy atom. The van der Waals surface area contributed by atoms with Gasteiger partial charge in [0, 0.05) is 0 Å². The van der Waals surface area contributed by atoms with Gasteiger partial charge in [0.05, 0.1) is 17.1 Å². The average Bonchev–Trinajstić information content (AvgIpc) is 2.26. The summed E-state index contributed by atoms with van der Waals surface area (Å²) in [5.41, 5.74) is -0.173. The molecule has 0 unspecified atom stereocenters. The summed E-state index contributed by atoms with van der Waals surface area (Å²) in [5.74, 6) is -1.27. The number of esters is 1. The average molecular weight is 289 g/mol. The van der Waals surface area contributed by atoms with E-state index in [-0.39, 0.29) is 12.2 Å². The molecule has 0 saturated heterocycles. The number of primary sulfonamides is 1. The van der Waals surface area contributed by atoms with E-state index < -0.39 is 26.7 Å². The number of hydrogen-bond acceptors (Lipinski definition) is 4. The van der Waals surface area contributed by atoms with Crippen LogP contribution in [0.2, 0.25) is 0 Å². The predicted molar refractivity (Wildman–Crippen MR) is 67.5 cm³/mol. The molecule has 0 aliphatic rings. The van der Waals surface area contributed by atoms with Crippen molar-refractivity contribution in [2.45, 2.75) is 25.2 Å². The Morgan fingerprint density at radius 1 is 1.37 bits per heavy atom. The molecule has 0 aliphatic carbocycles. The van der Waals surface area contributed by atoms with E-state index in [4.69, 9.17) is 9.88 Å². The van der Waals surface area contributed by atoms with E-state index in [1.807, 2.05) is 13.8 Å². The van der Waals surface area contributed by atoms with E-state index in [1.165, 1.54) is 0 Å². The third-order valence-corrected chi connectivity index (χ3v) is 3.26. The lowest BCUT2D eigenvalue weighted by Gasteiger charge is -2.07. The highest BCUT2D eigenvalue weighted by molar-refractivity contribution is 7.89. The van der Waals surface area contributed by atoms with E-state index in [2.05, 4.69) is 0 Å². The lowest BCUT2D eigenvalue weighted by Crippen LogP contribution is -2.14. The molecule has 0 saturated carbocycles. The van der Waals surface area contributed by atoms with Crippen molar-refractivity contribution in [3.05, 3.63) is 29.6 Å². The molecule has 1 aromatic rings. The summed E-state index contributed by atoms with van der Waals surface area (Å²) >= 11 is 0. The van der Waals surface area contributed by atoms with Crippen LogP contribution in [0.4, 0.5) is 4.39 Å². The molecule has 0 spiro atoms. The van der Waals surface area contributed by atoms with Gasteiger partial charge in [-0.1, -0.05) is 13.8 Å². The van der Waals surface area contributed by atoms with E-state index in [9.17, 15) is 17.6 Å². The smallest absolute Gasteiger partial charge is 0.338 e. The second-order valence-corrected chi connectivity index (χ2v) is 6.10. The van der Waals surface area contributed by atoms with Crippen molar-refractivity contribution in [3.8, 4) is 0 Å². The van der Waals surface area contributed by atoms with Crippen molar-refractivity contribution in [3.63, 3.8) is 0 Å². The van der Waals surface area contributed by atoms with Crippen LogP contribution >= 0.6 is 0 Å². The van der Waals surface area contributed by atoms with Gasteiger partial charge in [0.25, 0.3) is 0 Å². The highest BCUT2D eigenvalue weighted by Crippen LogP contribution is 2.14. The van der Waals surface area contributed by atoms with E-state index in [1.54, 1.807) is 0 Å². The van der Waals surface area contributed by atoms with Gasteiger partial charge < -0.3 is 4.74 Å². The Labute approximate surface area is 111 Å². The summed E-state index contributed by atoms with van der Waals surface area (Å²) in [5, 5.41) is 4.89. The van der Waals surface area contributed by atoms with E-state index in [0.717, 1.165) is 18.2 Å². The number of carbonyl (C=O) groups excluding carboxylic acids is 1. The second-order valence-electron chi connectivity index (χ2n) is 4.54. The molecule has 19 heavy (non-hydrogen) atoms. The van der Waals surface area contributed by atoms with Crippen molar-refractivity contribution in [1.29, 1.82) is 0 Å². The van der Waals surface area contributed by atoms with E-state index in [0.29, 0.717) is 12.3 Å². The number of benzene rings is 1. The molecule has 0 aromatic heterocycles. The first kappa shape index (κ1) is 15.6. The Balaban J connectivity index is 2.89. The molecule has 0 radical (unpaired) electrons. The van der Waals surface area contributed by atoms with Gasteiger partial charge in [-0.3, -0.25) is 0 Å². The molecule has 0 atom stereocenters. The van der Waals surface area contributed by atoms with Gasteiger partial charge in [-0.15, -0.1) is 0 Å². The van der Waals surface area contributed by atoms with Gasteiger partial charge in [0.15, 0.2) is 0 Å². The number of nitrogens with two attached hydrogens (primary N) is 1. The Hall–Kier alpha value is -1.47. The third-order valence-electron chi connectivity index (χ3n) is 2.36. The zero-order chi connectivity index (χ0) is 14.6. The van der Waals surface area contributed by atoms with Crippen molar-refractivity contribution >= 4 is 16.0 Å². The highest BCUT2D eigenvalue weighted by Gasteiger charge is 2.15. The molecule has 106 valence electrons. The molecular weight excluding hydrogens is 273 g/mol. The van der Waals surface area contributed by atoms with Crippen molar-refractivity contribution in [1.82, 2.24) is 0 Å². The fraction of sp³-hybridized carbons (Fsp3) is 0.417. The lowest BCUT2D eigenvalue weighted by molar-refractivity contribution is 0.0487. The number of sulfonamides is 1. The lowest BCUT2D eigenvalue weighted by atomic mass is 10.1. The van der Waals surface area contributed by atoms with Crippen LogP contribution in [-0.2, 0) is 14.8 Å². The number of ether oxygens (including phenoxy) is 1. The maximum Gasteiger partial charge on any atom is 0.338 e. The molecule has 7 heteroatoms. The third kappa shape index (κ3) is 4.96. The van der Waals surface area contributed by atoms with Gasteiger partial charge >= 0.3 is 5.97 Å². The normalized spacial score (nSPS) is 11.6. The molecule has 0 aliphatic heterocycles. The SMILES string of the molecule is CC(C)CCOC(=O)c1cc(F)cc(S(N)(=O)=O)c1. The first-order chi connectivity index (χ1) is 8.70. The molecule has 0 heterocycles. The van der Waals surface area contributed by atoms with E-state index >= 15 is 0 Å². The number of carbonyl (C=O) groups is 1. The summed E-state index contributed by atoms with van der Waals surface area (Å²) in [4.78, 5) is 11.2. The quantitative estimate of drug-likeness (QED) is 0.835. The predicted octanol–water partition coefficient (Wildman–Crippen LogP) is 1.68. The minimum absolute atomic E-state index is 0.173.